The number of benzene rings is 7. The van der Waals surface area contributed by atoms with Gasteiger partial charge in [-0.2, -0.15) is 0 Å². The number of aromatic amines is 2. The Hall–Kier alpha value is -13.0. The Bertz CT molecular complexity index is 5260. The minimum absolute atomic E-state index is 0.0107. The Labute approximate surface area is 800 Å². The van der Waals surface area contributed by atoms with Crippen molar-refractivity contribution in [3.8, 4) is 0 Å². The van der Waals surface area contributed by atoms with Crippen molar-refractivity contribution in [2.45, 2.75) is 142 Å². The van der Waals surface area contributed by atoms with E-state index in [1.54, 1.807) is 64.1 Å². The van der Waals surface area contributed by atoms with Crippen LogP contribution < -0.4 is 39.7 Å². The molecule has 2 heterocycles. The van der Waals surface area contributed by atoms with Gasteiger partial charge in [0.1, 0.15) is 32.7 Å². The average Bonchev–Trinajstić information content (AvgIpc) is 1.77. The highest BCUT2D eigenvalue weighted by Gasteiger charge is 2.38. The number of aromatic nitrogens is 2. The lowest BCUT2D eigenvalue weighted by Gasteiger charge is -2.37. The summed E-state index contributed by atoms with van der Waals surface area (Å²) in [5, 5.41) is 5.07. The van der Waals surface area contributed by atoms with Crippen molar-refractivity contribution < 1.29 is 57.5 Å². The third kappa shape index (κ3) is 32.4. The van der Waals surface area contributed by atoms with E-state index in [-0.39, 0.29) is 77.9 Å². The highest BCUT2D eigenvalue weighted by atomic mass is 16.2. The quantitative estimate of drug-likeness (QED) is 0.0162. The number of carbonyl (C=O) groups excluding carboxylic acids is 12. The Morgan fingerprint density at radius 2 is 0.493 bits per heavy atom. The minimum atomic E-state index is -0.851. The number of nitrogens with one attached hydrogen (secondary N) is 3. The van der Waals surface area contributed by atoms with Crippen molar-refractivity contribution in [1.82, 2.24) is 69.2 Å². The summed E-state index contributed by atoms with van der Waals surface area (Å²) in [7, 11) is 0. The first-order valence-electron chi connectivity index (χ1n) is 47.8. The molecule has 0 saturated carbocycles. The van der Waals surface area contributed by atoms with Gasteiger partial charge in [0.15, 0.2) is 0 Å². The fourth-order valence-corrected chi connectivity index (χ4v) is 16.9. The van der Waals surface area contributed by atoms with E-state index in [4.69, 9.17) is 34.4 Å². The van der Waals surface area contributed by atoms with E-state index < -0.39 is 167 Å². The molecule has 15 N–H and O–H groups in total. The number of carbonyl (C=O) groups is 12. The molecule has 0 bridgehead atoms. The minimum Gasteiger partial charge on any atom is -0.368 e. The Morgan fingerprint density at radius 1 is 0.265 bits per heavy atom. The molecule has 9 rings (SSSR count). The first-order chi connectivity index (χ1) is 65.8. The number of hydrogen-bond acceptors (Lipinski definition) is 18. The van der Waals surface area contributed by atoms with E-state index in [0.717, 1.165) is 51.3 Å². The second-order valence-electron chi connectivity index (χ2n) is 34.8. The molecule has 0 aliphatic carbocycles. The van der Waals surface area contributed by atoms with Crippen molar-refractivity contribution in [1.29, 1.82) is 0 Å². The number of unbranched alkanes of at least 4 members (excludes halogenated alkanes) is 5. The standard InChI is InChI=1S/C104H142N20O12/c1-77(82-35-11-6-12-36-82)120(94(126)65-111-56-30-25-51-105)75-103(135)122(79(3)84-39-15-8-16-40-84)73-98(130)114(57-31-26-52-106)67-95(127)116(59-33-28-54-108)70-101(133)121(78(2)83-37-13-7-14-38-83)72-100(132)117(60-34-29-55-109)71-102(134)124(81(5)86-43-19-10-20-44-86)76-104(136)123(80(4)85-41-17-9-18-42-85)74-99(131)115(58-32-27-53-107)68-97(129)119(62-50-88-64-113-92-48-24-22-46-90(88)92)69-96(128)118(66-93(110)125)61-49-87-63-112-91-47-23-21-45-89(87)91/h6-24,35-48,63-64,77-81,111-113H,25-34,49-62,65-76,105-109H2,1-5H3,(H2,110,125)/t77-,78-,79-,80-,81-/m0/s1. The van der Waals surface area contributed by atoms with E-state index >= 15 is 43.2 Å². The number of primary amides is 1. The Kier molecular flexibility index (Phi) is 44.2. The van der Waals surface area contributed by atoms with Crippen LogP contribution in [0.15, 0.2) is 213 Å². The van der Waals surface area contributed by atoms with Crippen molar-refractivity contribution in [2.24, 2.45) is 34.4 Å². The Balaban J connectivity index is 0.991. The molecular weight excluding hydrogens is 1720 g/mol. The molecule has 7 aromatic carbocycles. The molecule has 9 aromatic rings. The average molecular weight is 1860 g/mol. The summed E-state index contributed by atoms with van der Waals surface area (Å²) >= 11 is 0. The van der Waals surface area contributed by atoms with E-state index in [1.165, 1.54) is 53.9 Å². The topological polar surface area (TPSA) is 440 Å². The Morgan fingerprint density at radius 3 is 0.779 bits per heavy atom. The van der Waals surface area contributed by atoms with Crippen LogP contribution in [0.25, 0.3) is 21.8 Å². The summed E-state index contributed by atoms with van der Waals surface area (Å²) in [6.07, 6.45) is 9.06. The van der Waals surface area contributed by atoms with E-state index in [1.807, 2.05) is 183 Å². The van der Waals surface area contributed by atoms with E-state index in [2.05, 4.69) is 15.3 Å². The second-order valence-corrected chi connectivity index (χ2v) is 34.8. The molecule has 0 aliphatic heterocycles. The number of nitrogens with zero attached hydrogens (tertiary/aromatic N) is 11. The lowest BCUT2D eigenvalue weighted by molar-refractivity contribution is -0.151. The van der Waals surface area contributed by atoms with Gasteiger partial charge in [0.05, 0.1) is 76.0 Å². The summed E-state index contributed by atoms with van der Waals surface area (Å²) in [5.74, 6) is -7.20. The molecule has 5 atom stereocenters. The monoisotopic (exact) mass is 1860 g/mol. The molecule has 32 nitrogen and oxygen atoms in total. The number of rotatable bonds is 60. The second kappa shape index (κ2) is 56.4. The molecule has 12 amide bonds. The van der Waals surface area contributed by atoms with Crippen LogP contribution in [-0.4, -0.2) is 292 Å². The number of hydrogen-bond donors (Lipinski definition) is 9. The van der Waals surface area contributed by atoms with Gasteiger partial charge in [0.2, 0.25) is 70.9 Å². The van der Waals surface area contributed by atoms with Crippen LogP contribution >= 0.6 is 0 Å². The normalized spacial score (nSPS) is 12.3. The van der Waals surface area contributed by atoms with Crippen LogP contribution in [0.2, 0.25) is 0 Å². The lowest BCUT2D eigenvalue weighted by Crippen LogP contribution is -2.53. The number of amides is 12. The third-order valence-corrected chi connectivity index (χ3v) is 25.2. The van der Waals surface area contributed by atoms with Crippen LogP contribution in [0.1, 0.15) is 168 Å². The summed E-state index contributed by atoms with van der Waals surface area (Å²) in [6, 6.07) is 57.2. The summed E-state index contributed by atoms with van der Waals surface area (Å²) in [5.41, 5.74) is 42.9. The maximum absolute atomic E-state index is 16.0. The first-order valence-corrected chi connectivity index (χ1v) is 47.8. The van der Waals surface area contributed by atoms with Crippen molar-refractivity contribution in [2.75, 3.05) is 157 Å². The fraction of sp³-hybridized carbons (Fsp3) is 0.442. The van der Waals surface area contributed by atoms with Crippen LogP contribution in [0.3, 0.4) is 0 Å². The van der Waals surface area contributed by atoms with E-state index in [9.17, 15) is 14.4 Å². The first kappa shape index (κ1) is 107. The van der Waals surface area contributed by atoms with Crippen LogP contribution in [0, 0.1) is 0 Å². The van der Waals surface area contributed by atoms with Gasteiger partial charge in [-0.25, -0.2) is 0 Å². The molecule has 730 valence electrons. The molecular formula is C104H142N20O12. The molecule has 0 unspecified atom stereocenters. The predicted octanol–water partition coefficient (Wildman–Crippen LogP) is 8.12. The maximum atomic E-state index is 16.0. The molecule has 2 aromatic heterocycles. The number of para-hydroxylation sites is 2. The van der Waals surface area contributed by atoms with Gasteiger partial charge in [-0.1, -0.05) is 188 Å². The molecule has 0 radical (unpaired) electrons. The zero-order valence-electron chi connectivity index (χ0n) is 79.8. The lowest BCUT2D eigenvalue weighted by atomic mass is 10.1. The largest absolute Gasteiger partial charge is 0.368 e. The van der Waals surface area contributed by atoms with Crippen molar-refractivity contribution >= 4 is 92.7 Å². The predicted molar refractivity (Wildman–Crippen MR) is 530 cm³/mol. The van der Waals surface area contributed by atoms with Crippen LogP contribution in [-0.2, 0) is 70.4 Å². The highest BCUT2D eigenvalue weighted by molar-refractivity contribution is 5.96. The zero-order chi connectivity index (χ0) is 97.8. The van der Waals surface area contributed by atoms with E-state index in [0.29, 0.717) is 99.6 Å². The van der Waals surface area contributed by atoms with Gasteiger partial charge >= 0.3 is 0 Å². The van der Waals surface area contributed by atoms with Crippen molar-refractivity contribution in [3.63, 3.8) is 0 Å². The molecule has 136 heavy (non-hydrogen) atoms. The van der Waals surface area contributed by atoms with Gasteiger partial charge in [-0.05, 0) is 202 Å². The highest BCUT2D eigenvalue weighted by Crippen LogP contribution is 2.30. The number of nitrogens with two attached hydrogens (primary N) is 6. The molecule has 0 aliphatic rings. The van der Waals surface area contributed by atoms with Crippen LogP contribution in [0.4, 0.5) is 0 Å². The summed E-state index contributed by atoms with van der Waals surface area (Å²) in [6.45, 7) is 5.20. The number of H-pyrrole nitrogens is 2. The smallest absolute Gasteiger partial charge is 0.243 e. The van der Waals surface area contributed by atoms with Gasteiger partial charge in [0, 0.05) is 73.5 Å². The molecule has 0 saturated heterocycles. The SMILES string of the molecule is C[C@@H](c1ccccc1)N(CC(=O)N(CCCCN)CC(=O)N(CC(=O)N(CC(=O)N(CCCCN)CC(=O)N(CCc1c[nH]c2ccccc12)CC(=O)N(CCc1c[nH]c2ccccc12)CC(N)=O)[C@@H](C)c1ccccc1)[C@@H](C)c1ccccc1)C(=O)CN(CCCCN)C(=O)CN(CCCCN)C(=O)CN(C(=O)CN(C(=O)CNCCCCN)[C@@H](C)c1ccccc1)[C@@H](C)c1ccccc1. The molecule has 0 fully saturated rings. The molecule has 32 heteroatoms. The van der Waals surface area contributed by atoms with Gasteiger partial charge < -0.3 is 104 Å². The van der Waals surface area contributed by atoms with Crippen LogP contribution in [0.5, 0.6) is 0 Å². The fourth-order valence-electron chi connectivity index (χ4n) is 16.9. The number of fused-ring (bicyclic) bond motifs is 2. The summed E-state index contributed by atoms with van der Waals surface area (Å²) in [4.78, 5) is 204. The van der Waals surface area contributed by atoms with Gasteiger partial charge in [0.25, 0.3) is 0 Å². The van der Waals surface area contributed by atoms with Gasteiger partial charge in [-0.15, -0.1) is 0 Å². The summed E-state index contributed by atoms with van der Waals surface area (Å²) < 4.78 is 0. The van der Waals surface area contributed by atoms with Crippen molar-refractivity contribution in [3.05, 3.63) is 252 Å². The molecule has 0 spiro atoms. The third-order valence-electron chi connectivity index (χ3n) is 25.2. The maximum Gasteiger partial charge on any atom is 0.243 e. The zero-order valence-corrected chi connectivity index (χ0v) is 79.8. The van der Waals surface area contributed by atoms with Gasteiger partial charge in [-0.3, -0.25) is 57.5 Å².